The average molecular weight is 374 g/mol. The van der Waals surface area contributed by atoms with Gasteiger partial charge in [0.1, 0.15) is 5.75 Å². The molecule has 3 aromatic rings. The minimum atomic E-state index is 0.0573. The topological polar surface area (TPSA) is 45.3 Å². The summed E-state index contributed by atoms with van der Waals surface area (Å²) in [6.45, 7) is 5.11. The largest absolute Gasteiger partial charge is 0.497 e. The minimum Gasteiger partial charge on any atom is -0.497 e. The summed E-state index contributed by atoms with van der Waals surface area (Å²) in [7, 11) is 3.67. The lowest BCUT2D eigenvalue weighted by Gasteiger charge is -2.20. The van der Waals surface area contributed by atoms with Gasteiger partial charge < -0.3 is 14.6 Å². The Morgan fingerprint density at radius 1 is 1.14 bits per heavy atom. The Hall–Kier alpha value is -3.01. The number of nitrogens with one attached hydrogen (secondary N) is 1. The number of carbonyl (C=O) groups excluding carboxylic acids is 1. The summed E-state index contributed by atoms with van der Waals surface area (Å²) < 4.78 is 5.38. The molecule has 0 bridgehead atoms. The molecule has 2 heterocycles. The van der Waals surface area contributed by atoms with Crippen LogP contribution in [0.2, 0.25) is 0 Å². The highest BCUT2D eigenvalue weighted by Crippen LogP contribution is 2.31. The Kier molecular flexibility index (Phi) is 4.71. The van der Waals surface area contributed by atoms with Crippen LogP contribution in [-0.2, 0) is 6.42 Å². The number of aromatic amines is 1. The molecular weight excluding hydrogens is 348 g/mol. The zero-order valence-electron chi connectivity index (χ0n) is 16.9. The third kappa shape index (κ3) is 3.19. The summed E-state index contributed by atoms with van der Waals surface area (Å²) in [4.78, 5) is 18.8. The highest BCUT2D eigenvalue weighted by atomic mass is 16.5. The maximum Gasteiger partial charge on any atom is 0.209 e. The molecule has 0 unspecified atom stereocenters. The van der Waals surface area contributed by atoms with Crippen LogP contribution >= 0.6 is 0 Å². The second-order valence-electron chi connectivity index (χ2n) is 7.74. The predicted molar refractivity (Wildman–Crippen MR) is 114 cm³/mol. The van der Waals surface area contributed by atoms with E-state index in [9.17, 15) is 4.79 Å². The molecule has 0 saturated carbocycles. The van der Waals surface area contributed by atoms with Gasteiger partial charge in [-0.3, -0.25) is 4.79 Å². The van der Waals surface area contributed by atoms with E-state index in [0.717, 1.165) is 46.6 Å². The molecule has 0 radical (unpaired) electrons. The zero-order chi connectivity index (χ0) is 19.8. The van der Waals surface area contributed by atoms with Crippen molar-refractivity contribution in [3.8, 4) is 5.75 Å². The second-order valence-corrected chi connectivity index (χ2v) is 7.74. The molecule has 0 atom stereocenters. The Bertz CT molecular complexity index is 1060. The number of likely N-dealkylation sites (N-methyl/N-ethyl adjacent to an activating group) is 1. The molecule has 2 aromatic carbocycles. The first-order chi connectivity index (χ1) is 13.5. The fourth-order valence-corrected chi connectivity index (χ4v) is 3.82. The Morgan fingerprint density at radius 2 is 1.89 bits per heavy atom. The van der Waals surface area contributed by atoms with Gasteiger partial charge in [-0.2, -0.15) is 0 Å². The van der Waals surface area contributed by atoms with Crippen molar-refractivity contribution < 1.29 is 9.53 Å². The van der Waals surface area contributed by atoms with E-state index >= 15 is 0 Å². The SMILES string of the molecule is COc1ccc2[nH]c3c(c2c1)CCN(C)C(C(=O)c1ccc(C(C)C)cc1)=C3. The summed E-state index contributed by atoms with van der Waals surface area (Å²) >= 11 is 0. The van der Waals surface area contributed by atoms with Gasteiger partial charge in [-0.05, 0) is 47.7 Å². The van der Waals surface area contributed by atoms with Gasteiger partial charge in [0.25, 0.3) is 0 Å². The van der Waals surface area contributed by atoms with Crippen LogP contribution in [0.5, 0.6) is 5.75 Å². The zero-order valence-corrected chi connectivity index (χ0v) is 16.9. The fraction of sp³-hybridized carbons (Fsp3) is 0.292. The third-order valence-corrected chi connectivity index (χ3v) is 5.61. The number of allylic oxidation sites excluding steroid dienone is 1. The van der Waals surface area contributed by atoms with Gasteiger partial charge in [0, 0.05) is 35.8 Å². The first-order valence-corrected chi connectivity index (χ1v) is 9.74. The van der Waals surface area contributed by atoms with E-state index in [4.69, 9.17) is 4.74 Å². The van der Waals surface area contributed by atoms with Crippen LogP contribution in [0.1, 0.15) is 46.9 Å². The summed E-state index contributed by atoms with van der Waals surface area (Å²) in [5.74, 6) is 1.36. The summed E-state index contributed by atoms with van der Waals surface area (Å²) in [5.41, 5.74) is 6.00. The summed E-state index contributed by atoms with van der Waals surface area (Å²) in [5, 5.41) is 1.16. The van der Waals surface area contributed by atoms with Crippen LogP contribution in [-0.4, -0.2) is 36.4 Å². The van der Waals surface area contributed by atoms with Crippen LogP contribution in [0.15, 0.2) is 48.2 Å². The van der Waals surface area contributed by atoms with E-state index in [1.165, 1.54) is 11.1 Å². The lowest BCUT2D eigenvalue weighted by molar-refractivity contribution is 0.100. The second kappa shape index (κ2) is 7.19. The molecule has 4 nitrogen and oxygen atoms in total. The molecule has 28 heavy (non-hydrogen) atoms. The van der Waals surface area contributed by atoms with Gasteiger partial charge in [-0.1, -0.05) is 38.1 Å². The fourth-order valence-electron chi connectivity index (χ4n) is 3.82. The average Bonchev–Trinajstić information content (AvgIpc) is 2.97. The maximum absolute atomic E-state index is 13.2. The normalized spacial score (nSPS) is 14.0. The molecule has 0 spiro atoms. The van der Waals surface area contributed by atoms with E-state index in [1.54, 1.807) is 7.11 Å². The van der Waals surface area contributed by atoms with Gasteiger partial charge in [-0.15, -0.1) is 0 Å². The highest BCUT2D eigenvalue weighted by Gasteiger charge is 2.22. The number of hydrogen-bond donors (Lipinski definition) is 1. The molecule has 1 aliphatic heterocycles. The molecule has 0 aliphatic carbocycles. The van der Waals surface area contributed by atoms with Crippen LogP contribution in [0.3, 0.4) is 0 Å². The van der Waals surface area contributed by atoms with Crippen LogP contribution in [0.25, 0.3) is 17.0 Å². The molecule has 4 heteroatoms. The van der Waals surface area contributed by atoms with Crippen LogP contribution in [0, 0.1) is 0 Å². The number of ketones is 1. The Labute approximate surface area is 165 Å². The first kappa shape index (κ1) is 18.4. The predicted octanol–water partition coefficient (Wildman–Crippen LogP) is 5.01. The summed E-state index contributed by atoms with van der Waals surface area (Å²) in [6.07, 6.45) is 2.87. The molecule has 1 aliphatic rings. The number of fused-ring (bicyclic) bond motifs is 3. The lowest BCUT2D eigenvalue weighted by atomic mass is 9.99. The molecule has 4 rings (SSSR count). The van der Waals surface area contributed by atoms with Crippen molar-refractivity contribution in [3.05, 3.63) is 70.5 Å². The van der Waals surface area contributed by atoms with Crippen molar-refractivity contribution >= 4 is 22.8 Å². The van der Waals surface area contributed by atoms with Crippen molar-refractivity contribution in [3.63, 3.8) is 0 Å². The van der Waals surface area contributed by atoms with Crippen molar-refractivity contribution in [1.82, 2.24) is 9.88 Å². The number of H-pyrrole nitrogens is 1. The first-order valence-electron chi connectivity index (χ1n) is 9.74. The smallest absolute Gasteiger partial charge is 0.209 e. The Morgan fingerprint density at radius 3 is 2.57 bits per heavy atom. The van der Waals surface area contributed by atoms with Gasteiger partial charge >= 0.3 is 0 Å². The van der Waals surface area contributed by atoms with Crippen molar-refractivity contribution in [2.24, 2.45) is 0 Å². The van der Waals surface area contributed by atoms with Gasteiger partial charge in [0.05, 0.1) is 12.8 Å². The number of ether oxygens (including phenoxy) is 1. The monoisotopic (exact) mass is 374 g/mol. The van der Waals surface area contributed by atoms with Gasteiger partial charge in [0.2, 0.25) is 5.78 Å². The molecule has 0 amide bonds. The molecular formula is C24H26N2O2. The highest BCUT2D eigenvalue weighted by molar-refractivity contribution is 6.11. The van der Waals surface area contributed by atoms with E-state index in [1.807, 2.05) is 37.4 Å². The molecule has 0 fully saturated rings. The standard InChI is InChI=1S/C24H26N2O2/c1-15(2)16-5-7-17(8-6-16)24(27)23-14-22-19(11-12-26(23)3)20-13-18(28-4)9-10-21(20)25-22/h5-10,13-15,25H,11-12H2,1-4H3. The number of aromatic nitrogens is 1. The Balaban J connectivity index is 1.75. The van der Waals surface area contributed by atoms with E-state index in [-0.39, 0.29) is 5.78 Å². The van der Waals surface area contributed by atoms with Crippen molar-refractivity contribution in [2.45, 2.75) is 26.2 Å². The number of hydrogen-bond acceptors (Lipinski definition) is 3. The van der Waals surface area contributed by atoms with E-state index < -0.39 is 0 Å². The van der Waals surface area contributed by atoms with Crippen molar-refractivity contribution in [1.29, 1.82) is 0 Å². The lowest BCUT2D eigenvalue weighted by Crippen LogP contribution is -2.24. The maximum atomic E-state index is 13.2. The third-order valence-electron chi connectivity index (χ3n) is 5.61. The quantitative estimate of drug-likeness (QED) is 0.653. The molecule has 1 N–H and O–H groups in total. The van der Waals surface area contributed by atoms with Crippen LogP contribution in [0.4, 0.5) is 0 Å². The minimum absolute atomic E-state index is 0.0573. The van der Waals surface area contributed by atoms with E-state index in [2.05, 4.69) is 41.9 Å². The van der Waals surface area contributed by atoms with Crippen LogP contribution < -0.4 is 4.74 Å². The number of nitrogens with zero attached hydrogens (tertiary/aromatic N) is 1. The molecule has 0 saturated heterocycles. The number of Topliss-reactive ketones (excluding diaryl/α,β-unsaturated/α-hetero) is 1. The van der Waals surface area contributed by atoms with Gasteiger partial charge in [-0.25, -0.2) is 0 Å². The molecule has 144 valence electrons. The number of carbonyl (C=O) groups is 1. The van der Waals surface area contributed by atoms with E-state index in [0.29, 0.717) is 5.92 Å². The number of methoxy groups -OCH3 is 1. The number of benzene rings is 2. The van der Waals surface area contributed by atoms with Gasteiger partial charge in [0.15, 0.2) is 0 Å². The summed E-state index contributed by atoms with van der Waals surface area (Å²) in [6, 6.07) is 14.0. The number of rotatable bonds is 4. The van der Waals surface area contributed by atoms with Crippen molar-refractivity contribution in [2.75, 3.05) is 20.7 Å². The molecule has 1 aromatic heterocycles.